The van der Waals surface area contributed by atoms with Gasteiger partial charge in [-0.05, 0) is 28.2 Å². The molecule has 0 aromatic carbocycles. The molecule has 0 atom stereocenters. The third-order valence-corrected chi connectivity index (χ3v) is 5.83. The fourth-order valence-corrected chi connectivity index (χ4v) is 3.24. The molecule has 0 unspecified atom stereocenters. The Morgan fingerprint density at radius 3 is 0.404 bits per heavy atom. The third-order valence-electron chi connectivity index (χ3n) is 5.83. The van der Waals surface area contributed by atoms with Gasteiger partial charge in [-0.1, -0.05) is 0 Å². The van der Waals surface area contributed by atoms with Crippen LogP contribution in [0.15, 0.2) is 0 Å². The average Bonchev–Trinajstić information content (AvgIpc) is 3.05. The Balaban J connectivity index is 3.05. The highest BCUT2D eigenvalue weighted by Crippen LogP contribution is 1.88. The lowest BCUT2D eigenvalue weighted by Gasteiger charge is -2.10. The molecule has 0 bridgehead atoms. The van der Waals surface area contributed by atoms with E-state index in [-0.39, 0.29) is 0 Å². The van der Waals surface area contributed by atoms with Gasteiger partial charge in [-0.2, -0.15) is 0 Å². The molecule has 0 N–H and O–H groups in total. The lowest BCUT2D eigenvalue weighted by molar-refractivity contribution is -0.0291. The van der Waals surface area contributed by atoms with Crippen LogP contribution >= 0.6 is 0 Å². The molecular formula is C32H68N2O13. The Morgan fingerprint density at radius 2 is 0.298 bits per heavy atom. The summed E-state index contributed by atoms with van der Waals surface area (Å²) in [7, 11) is 8.08. The molecule has 0 amide bonds. The standard InChI is InChI=1S/C32H68N2O13/c1-33(2)5-7-35-9-11-37-13-15-39-17-19-41-21-23-43-25-27-45-29-31-47-32-30-46-28-26-44-24-22-42-20-18-40-16-14-38-12-10-36-8-6-34(3)4/h5-32H2,1-4H3. The second-order valence-electron chi connectivity index (χ2n) is 10.6. The zero-order valence-corrected chi connectivity index (χ0v) is 30.0. The van der Waals surface area contributed by atoms with Crippen molar-refractivity contribution in [2.45, 2.75) is 0 Å². The maximum absolute atomic E-state index is 5.49. The molecule has 15 nitrogen and oxygen atoms in total. The first kappa shape index (κ1) is 46.4. The van der Waals surface area contributed by atoms with Gasteiger partial charge in [0.2, 0.25) is 0 Å². The van der Waals surface area contributed by atoms with Crippen molar-refractivity contribution in [1.29, 1.82) is 0 Å². The smallest absolute Gasteiger partial charge is 0.0701 e. The second kappa shape index (κ2) is 41.6. The lowest BCUT2D eigenvalue weighted by Crippen LogP contribution is -2.19. The van der Waals surface area contributed by atoms with E-state index in [4.69, 9.17) is 61.6 Å². The van der Waals surface area contributed by atoms with Crippen molar-refractivity contribution in [3.63, 3.8) is 0 Å². The fourth-order valence-electron chi connectivity index (χ4n) is 3.24. The van der Waals surface area contributed by atoms with Gasteiger partial charge in [0.25, 0.3) is 0 Å². The number of hydrogen-bond donors (Lipinski definition) is 0. The molecule has 0 aromatic heterocycles. The predicted molar refractivity (Wildman–Crippen MR) is 178 cm³/mol. The van der Waals surface area contributed by atoms with Gasteiger partial charge in [0.15, 0.2) is 0 Å². The fraction of sp³-hybridized carbons (Fsp3) is 1.00. The Labute approximate surface area is 284 Å². The van der Waals surface area contributed by atoms with E-state index in [1.807, 2.05) is 28.2 Å². The molecule has 0 fully saturated rings. The first-order chi connectivity index (χ1) is 23.1. The van der Waals surface area contributed by atoms with Crippen LogP contribution in [0.1, 0.15) is 0 Å². The predicted octanol–water partition coefficient (Wildman–Crippen LogP) is 0.325. The highest BCUT2D eigenvalue weighted by molar-refractivity contribution is 4.42. The van der Waals surface area contributed by atoms with E-state index in [1.165, 1.54) is 0 Å². The monoisotopic (exact) mass is 688 g/mol. The van der Waals surface area contributed by atoms with E-state index in [0.717, 1.165) is 26.3 Å². The van der Waals surface area contributed by atoms with Gasteiger partial charge in [-0.25, -0.2) is 0 Å². The first-order valence-corrected chi connectivity index (χ1v) is 16.9. The topological polar surface area (TPSA) is 126 Å². The minimum absolute atomic E-state index is 0.513. The summed E-state index contributed by atoms with van der Waals surface area (Å²) in [4.78, 5) is 4.17. The van der Waals surface area contributed by atoms with E-state index >= 15 is 0 Å². The van der Waals surface area contributed by atoms with Crippen molar-refractivity contribution >= 4 is 0 Å². The van der Waals surface area contributed by atoms with Crippen molar-refractivity contribution in [3.05, 3.63) is 0 Å². The summed E-state index contributed by atoms with van der Waals surface area (Å²) in [6, 6.07) is 0. The van der Waals surface area contributed by atoms with Crippen LogP contribution < -0.4 is 0 Å². The Bertz CT molecular complexity index is 523. The number of nitrogens with zero attached hydrogens (tertiary/aromatic N) is 2. The van der Waals surface area contributed by atoms with Gasteiger partial charge in [-0.15, -0.1) is 0 Å². The molecule has 47 heavy (non-hydrogen) atoms. The minimum atomic E-state index is 0.513. The molecule has 0 aliphatic rings. The van der Waals surface area contributed by atoms with Crippen LogP contribution in [0.4, 0.5) is 0 Å². The van der Waals surface area contributed by atoms with Gasteiger partial charge in [0, 0.05) is 13.1 Å². The molecule has 0 aliphatic carbocycles. The third kappa shape index (κ3) is 45.4. The lowest BCUT2D eigenvalue weighted by atomic mass is 10.6. The minimum Gasteiger partial charge on any atom is -0.378 e. The summed E-state index contributed by atoms with van der Waals surface area (Å²) in [5.41, 5.74) is 0. The second-order valence-corrected chi connectivity index (χ2v) is 10.6. The highest BCUT2D eigenvalue weighted by atomic mass is 16.6. The molecular weight excluding hydrogens is 620 g/mol. The molecule has 0 rings (SSSR count). The number of hydrogen-bond acceptors (Lipinski definition) is 15. The van der Waals surface area contributed by atoms with Crippen LogP contribution in [0.25, 0.3) is 0 Å². The summed E-state index contributed by atoms with van der Waals surface area (Å²) < 4.78 is 71.1. The van der Waals surface area contributed by atoms with Crippen LogP contribution in [0.2, 0.25) is 0 Å². The maximum Gasteiger partial charge on any atom is 0.0701 e. The molecule has 0 radical (unpaired) electrons. The molecule has 0 aliphatic heterocycles. The average molecular weight is 689 g/mol. The summed E-state index contributed by atoms with van der Waals surface area (Å²) in [6.45, 7) is 16.1. The number of rotatable bonds is 42. The summed E-state index contributed by atoms with van der Waals surface area (Å²) in [5.74, 6) is 0. The summed E-state index contributed by atoms with van der Waals surface area (Å²) in [6.07, 6.45) is 0. The zero-order chi connectivity index (χ0) is 34.1. The molecule has 0 saturated heterocycles. The highest BCUT2D eigenvalue weighted by Gasteiger charge is 1.97. The van der Waals surface area contributed by atoms with E-state index in [9.17, 15) is 0 Å². The van der Waals surface area contributed by atoms with Crippen LogP contribution in [-0.2, 0) is 61.6 Å². The molecule has 15 heteroatoms. The van der Waals surface area contributed by atoms with Gasteiger partial charge in [0.1, 0.15) is 0 Å². The summed E-state index contributed by atoms with van der Waals surface area (Å²) >= 11 is 0. The molecule has 284 valence electrons. The molecule has 0 heterocycles. The Morgan fingerprint density at radius 1 is 0.191 bits per heavy atom. The van der Waals surface area contributed by atoms with E-state index in [0.29, 0.717) is 159 Å². The number of ether oxygens (including phenoxy) is 13. The van der Waals surface area contributed by atoms with E-state index in [2.05, 4.69) is 9.80 Å². The van der Waals surface area contributed by atoms with Gasteiger partial charge < -0.3 is 71.4 Å². The quantitative estimate of drug-likeness (QED) is 0.0817. The van der Waals surface area contributed by atoms with Crippen molar-refractivity contribution in [2.24, 2.45) is 0 Å². The number of likely N-dealkylation sites (N-methyl/N-ethyl adjacent to an activating group) is 2. The Kier molecular flexibility index (Phi) is 41.0. The molecule has 0 saturated carbocycles. The van der Waals surface area contributed by atoms with Crippen molar-refractivity contribution in [3.8, 4) is 0 Å². The van der Waals surface area contributed by atoms with E-state index < -0.39 is 0 Å². The van der Waals surface area contributed by atoms with E-state index in [1.54, 1.807) is 0 Å². The molecule has 0 aromatic rings. The van der Waals surface area contributed by atoms with Gasteiger partial charge >= 0.3 is 0 Å². The van der Waals surface area contributed by atoms with Crippen molar-refractivity contribution < 1.29 is 61.6 Å². The van der Waals surface area contributed by atoms with Crippen LogP contribution in [0.5, 0.6) is 0 Å². The largest absolute Gasteiger partial charge is 0.378 e. The van der Waals surface area contributed by atoms with Crippen LogP contribution in [0.3, 0.4) is 0 Å². The van der Waals surface area contributed by atoms with Gasteiger partial charge in [-0.3, -0.25) is 0 Å². The van der Waals surface area contributed by atoms with Gasteiger partial charge in [0.05, 0.1) is 172 Å². The van der Waals surface area contributed by atoms with Crippen molar-refractivity contribution in [1.82, 2.24) is 9.80 Å². The maximum atomic E-state index is 5.49. The normalized spacial score (nSPS) is 11.9. The van der Waals surface area contributed by atoms with Crippen molar-refractivity contribution in [2.75, 3.05) is 213 Å². The Hall–Kier alpha value is -0.600. The van der Waals surface area contributed by atoms with Crippen LogP contribution in [-0.4, -0.2) is 223 Å². The molecule has 0 spiro atoms. The van der Waals surface area contributed by atoms with Crippen LogP contribution in [0, 0.1) is 0 Å². The summed E-state index contributed by atoms with van der Waals surface area (Å²) in [5, 5.41) is 0. The first-order valence-electron chi connectivity index (χ1n) is 16.9. The zero-order valence-electron chi connectivity index (χ0n) is 30.0. The SMILES string of the molecule is CN(C)CCOCCOCCOCCOCCOCCOCCOCCOCCOCCOCCOCCOCCOCCN(C)C.